The summed E-state index contributed by atoms with van der Waals surface area (Å²) in [4.78, 5) is 28.0. The third kappa shape index (κ3) is 5.35. The molecule has 4 rings (SSSR count). The maximum absolute atomic E-state index is 13.5. The number of hydrogen-bond donors (Lipinski definition) is 2. The molecule has 0 spiro atoms. The summed E-state index contributed by atoms with van der Waals surface area (Å²) in [5, 5.41) is 9.61. The zero-order chi connectivity index (χ0) is 23.2. The van der Waals surface area contributed by atoms with Crippen molar-refractivity contribution in [1.29, 1.82) is 0 Å². The zero-order valence-corrected chi connectivity index (χ0v) is 20.1. The Morgan fingerprint density at radius 2 is 1.85 bits per heavy atom. The number of thiophene rings is 1. The second-order valence-electron chi connectivity index (χ2n) is 8.12. The topological polar surface area (TPSA) is 84.7 Å². The molecule has 33 heavy (non-hydrogen) atoms. The molecule has 7 nitrogen and oxygen atoms in total. The third-order valence-corrected chi connectivity index (χ3v) is 6.61. The Morgan fingerprint density at radius 1 is 1.09 bits per heavy atom. The van der Waals surface area contributed by atoms with Gasteiger partial charge in [0.2, 0.25) is 0 Å². The van der Waals surface area contributed by atoms with E-state index in [-0.39, 0.29) is 17.6 Å². The standard InChI is InChI=1S/C25H30N6OS/c1-4-21(29-22(10-12-26-3)19-14-27-17(2)28-15-19)23-30-24-20(11-13-33-24)25(32)31(23)16-18-8-6-5-7-9-18/h5-9,11,13-15,21-22,26,29H,4,10,12,16H2,1-3H3. The monoisotopic (exact) mass is 462 g/mol. The molecule has 2 unspecified atom stereocenters. The second-order valence-corrected chi connectivity index (χ2v) is 9.02. The number of aromatic nitrogens is 4. The average molecular weight is 463 g/mol. The summed E-state index contributed by atoms with van der Waals surface area (Å²) in [7, 11) is 1.95. The van der Waals surface area contributed by atoms with Crippen molar-refractivity contribution >= 4 is 21.6 Å². The number of nitrogens with one attached hydrogen (secondary N) is 2. The third-order valence-electron chi connectivity index (χ3n) is 5.81. The highest BCUT2D eigenvalue weighted by Gasteiger charge is 2.23. The van der Waals surface area contributed by atoms with Gasteiger partial charge in [-0.1, -0.05) is 37.3 Å². The van der Waals surface area contributed by atoms with E-state index in [1.807, 2.05) is 72.7 Å². The molecule has 0 radical (unpaired) electrons. The van der Waals surface area contributed by atoms with E-state index < -0.39 is 0 Å². The largest absolute Gasteiger partial charge is 0.320 e. The molecule has 0 saturated carbocycles. The van der Waals surface area contributed by atoms with Crippen LogP contribution >= 0.6 is 11.3 Å². The molecule has 2 atom stereocenters. The Morgan fingerprint density at radius 3 is 2.55 bits per heavy atom. The molecule has 0 bridgehead atoms. The van der Waals surface area contributed by atoms with Crippen molar-refractivity contribution in [2.24, 2.45) is 0 Å². The van der Waals surface area contributed by atoms with Gasteiger partial charge in [-0.05, 0) is 50.4 Å². The van der Waals surface area contributed by atoms with Crippen LogP contribution in [0.4, 0.5) is 0 Å². The Kier molecular flexibility index (Phi) is 7.59. The molecule has 1 aromatic carbocycles. The van der Waals surface area contributed by atoms with Crippen molar-refractivity contribution in [3.05, 3.63) is 87.3 Å². The summed E-state index contributed by atoms with van der Waals surface area (Å²) in [6.45, 7) is 5.34. The smallest absolute Gasteiger partial charge is 0.262 e. The van der Waals surface area contributed by atoms with Gasteiger partial charge in [0, 0.05) is 24.0 Å². The van der Waals surface area contributed by atoms with Crippen LogP contribution in [0.1, 0.15) is 54.6 Å². The fraction of sp³-hybridized carbons (Fsp3) is 0.360. The van der Waals surface area contributed by atoms with Crippen LogP contribution in [0.15, 0.2) is 59.0 Å². The molecule has 2 N–H and O–H groups in total. The second kappa shape index (κ2) is 10.8. The number of nitrogens with zero attached hydrogens (tertiary/aromatic N) is 4. The lowest BCUT2D eigenvalue weighted by molar-refractivity contribution is 0.386. The molecule has 3 heterocycles. The van der Waals surface area contributed by atoms with Crippen LogP contribution in [0, 0.1) is 6.92 Å². The number of hydrogen-bond acceptors (Lipinski definition) is 7. The predicted octanol–water partition coefficient (Wildman–Crippen LogP) is 4.00. The van der Waals surface area contributed by atoms with Crippen molar-refractivity contribution < 1.29 is 0 Å². The lowest BCUT2D eigenvalue weighted by Crippen LogP contribution is -2.35. The molecule has 0 amide bonds. The summed E-state index contributed by atoms with van der Waals surface area (Å²) in [6, 6.07) is 11.9. The minimum absolute atomic E-state index is 0.00537. The fourth-order valence-corrected chi connectivity index (χ4v) is 4.75. The van der Waals surface area contributed by atoms with Crippen molar-refractivity contribution in [2.45, 2.75) is 45.3 Å². The van der Waals surface area contributed by atoms with Gasteiger partial charge in [-0.3, -0.25) is 9.36 Å². The Hall–Kier alpha value is -2.94. The van der Waals surface area contributed by atoms with Gasteiger partial charge < -0.3 is 10.6 Å². The Labute approximate surface area is 198 Å². The summed E-state index contributed by atoms with van der Waals surface area (Å²) < 4.78 is 1.83. The van der Waals surface area contributed by atoms with E-state index in [2.05, 4.69) is 27.5 Å². The normalized spacial score (nSPS) is 13.3. The molecular weight excluding hydrogens is 432 g/mol. The SMILES string of the molecule is CCC(NC(CCNC)c1cnc(C)nc1)c1nc2sccc2c(=O)n1Cc1ccccc1. The minimum atomic E-state index is -0.101. The summed E-state index contributed by atoms with van der Waals surface area (Å²) >= 11 is 1.51. The van der Waals surface area contributed by atoms with Crippen LogP contribution < -0.4 is 16.2 Å². The fourth-order valence-electron chi connectivity index (χ4n) is 3.98. The summed E-state index contributed by atoms with van der Waals surface area (Å²) in [6.07, 6.45) is 5.43. The van der Waals surface area contributed by atoms with Gasteiger partial charge in [-0.25, -0.2) is 15.0 Å². The van der Waals surface area contributed by atoms with Crippen molar-refractivity contribution in [1.82, 2.24) is 30.2 Å². The number of rotatable bonds is 10. The van der Waals surface area contributed by atoms with Crippen molar-refractivity contribution in [3.8, 4) is 0 Å². The quantitative estimate of drug-likeness (QED) is 0.371. The lowest BCUT2D eigenvalue weighted by Gasteiger charge is -2.27. The molecule has 0 aliphatic carbocycles. The highest BCUT2D eigenvalue weighted by molar-refractivity contribution is 7.16. The Balaban J connectivity index is 1.74. The van der Waals surface area contributed by atoms with Gasteiger partial charge in [0.05, 0.1) is 18.0 Å². The zero-order valence-electron chi connectivity index (χ0n) is 19.3. The van der Waals surface area contributed by atoms with Crippen LogP contribution in [0.3, 0.4) is 0 Å². The molecule has 0 aliphatic rings. The number of benzene rings is 1. The maximum atomic E-state index is 13.5. The van der Waals surface area contributed by atoms with E-state index in [9.17, 15) is 4.79 Å². The van der Waals surface area contributed by atoms with Gasteiger partial charge >= 0.3 is 0 Å². The van der Waals surface area contributed by atoms with E-state index >= 15 is 0 Å². The summed E-state index contributed by atoms with van der Waals surface area (Å²) in [5.74, 6) is 1.52. The van der Waals surface area contributed by atoms with Crippen molar-refractivity contribution in [2.75, 3.05) is 13.6 Å². The van der Waals surface area contributed by atoms with Gasteiger partial charge in [0.25, 0.3) is 5.56 Å². The highest BCUT2D eigenvalue weighted by atomic mass is 32.1. The van der Waals surface area contributed by atoms with E-state index in [1.54, 1.807) is 0 Å². The first-order valence-electron chi connectivity index (χ1n) is 11.3. The number of fused-ring (bicyclic) bond motifs is 1. The first-order chi connectivity index (χ1) is 16.1. The molecular formula is C25H30N6OS. The van der Waals surface area contributed by atoms with Crippen LogP contribution in [-0.2, 0) is 6.54 Å². The van der Waals surface area contributed by atoms with Crippen molar-refractivity contribution in [3.63, 3.8) is 0 Å². The van der Waals surface area contributed by atoms with Crippen LogP contribution in [-0.4, -0.2) is 33.1 Å². The lowest BCUT2D eigenvalue weighted by atomic mass is 10.0. The van der Waals surface area contributed by atoms with E-state index in [0.29, 0.717) is 11.9 Å². The van der Waals surface area contributed by atoms with Crippen LogP contribution in [0.25, 0.3) is 10.2 Å². The molecule has 3 aromatic heterocycles. The Bertz CT molecular complexity index is 1240. The number of aryl methyl sites for hydroxylation is 1. The van der Waals surface area contributed by atoms with E-state index in [1.165, 1.54) is 11.3 Å². The molecule has 0 aliphatic heterocycles. The van der Waals surface area contributed by atoms with E-state index in [0.717, 1.165) is 47.0 Å². The maximum Gasteiger partial charge on any atom is 0.262 e. The summed E-state index contributed by atoms with van der Waals surface area (Å²) in [5.41, 5.74) is 2.11. The van der Waals surface area contributed by atoms with E-state index in [4.69, 9.17) is 4.98 Å². The van der Waals surface area contributed by atoms with Gasteiger partial charge in [0.15, 0.2) is 0 Å². The molecule has 0 fully saturated rings. The minimum Gasteiger partial charge on any atom is -0.320 e. The highest BCUT2D eigenvalue weighted by Crippen LogP contribution is 2.25. The van der Waals surface area contributed by atoms with Gasteiger partial charge in [-0.2, -0.15) is 0 Å². The van der Waals surface area contributed by atoms with Gasteiger partial charge in [-0.15, -0.1) is 11.3 Å². The molecule has 8 heteroatoms. The van der Waals surface area contributed by atoms with Gasteiger partial charge in [0.1, 0.15) is 16.5 Å². The van der Waals surface area contributed by atoms with Crippen LogP contribution in [0.2, 0.25) is 0 Å². The van der Waals surface area contributed by atoms with Crippen LogP contribution in [0.5, 0.6) is 0 Å². The first kappa shape index (κ1) is 23.2. The molecule has 0 saturated heterocycles. The average Bonchev–Trinajstić information content (AvgIpc) is 3.32. The molecule has 4 aromatic rings. The first-order valence-corrected chi connectivity index (χ1v) is 12.2. The predicted molar refractivity (Wildman–Crippen MR) is 134 cm³/mol. The molecule has 172 valence electrons.